The van der Waals surface area contributed by atoms with Crippen molar-refractivity contribution < 1.29 is 18.3 Å². The number of ether oxygens (including phenoxy) is 1. The van der Waals surface area contributed by atoms with Gasteiger partial charge in [0.25, 0.3) is 0 Å². The van der Waals surface area contributed by atoms with Crippen LogP contribution in [0.2, 0.25) is 0 Å². The van der Waals surface area contributed by atoms with Crippen molar-refractivity contribution in [3.63, 3.8) is 0 Å². The number of rotatable bonds is 5. The third kappa shape index (κ3) is 2.89. The summed E-state index contributed by atoms with van der Waals surface area (Å²) in [5.41, 5.74) is 0.499. The lowest BCUT2D eigenvalue weighted by Gasteiger charge is -2.69. The number of halogens is 2. The predicted octanol–water partition coefficient (Wildman–Crippen LogP) is 3.57. The zero-order valence-corrected chi connectivity index (χ0v) is 15.9. The van der Waals surface area contributed by atoms with E-state index in [1.165, 1.54) is 5.01 Å². The second kappa shape index (κ2) is 6.30. The molecule has 0 spiro atoms. The van der Waals surface area contributed by atoms with E-state index in [2.05, 4.69) is 15.1 Å². The Hall–Kier alpha value is -2.90. The maximum Gasteiger partial charge on any atom is 0.249 e. The summed E-state index contributed by atoms with van der Waals surface area (Å²) in [5, 5.41) is 5.52. The molecule has 6 nitrogen and oxygen atoms in total. The van der Waals surface area contributed by atoms with E-state index in [4.69, 9.17) is 4.74 Å². The van der Waals surface area contributed by atoms with Crippen LogP contribution < -0.4 is 4.74 Å². The van der Waals surface area contributed by atoms with Crippen LogP contribution in [0.1, 0.15) is 43.0 Å². The van der Waals surface area contributed by atoms with E-state index in [-0.39, 0.29) is 16.9 Å². The van der Waals surface area contributed by atoms with E-state index in [1.807, 2.05) is 6.92 Å². The Labute approximate surface area is 166 Å². The number of hydrogen-bond acceptors (Lipinski definition) is 5. The van der Waals surface area contributed by atoms with Crippen molar-refractivity contribution in [1.29, 1.82) is 0 Å². The van der Waals surface area contributed by atoms with Crippen molar-refractivity contribution in [1.82, 2.24) is 15.0 Å². The maximum absolute atomic E-state index is 14.2. The number of carbonyl (C=O) groups excluding carboxylic acids is 1. The Bertz CT molecular complexity index is 988. The van der Waals surface area contributed by atoms with Gasteiger partial charge in [-0.1, -0.05) is 0 Å². The molecule has 0 radical (unpaired) electrons. The van der Waals surface area contributed by atoms with E-state index >= 15 is 0 Å². The highest BCUT2D eigenvalue weighted by atomic mass is 19.1. The largest absolute Gasteiger partial charge is 0.476 e. The quantitative estimate of drug-likeness (QED) is 0.772. The van der Waals surface area contributed by atoms with Crippen molar-refractivity contribution >= 4 is 12.1 Å². The second-order valence-electron chi connectivity index (χ2n) is 8.46. The van der Waals surface area contributed by atoms with Gasteiger partial charge in [-0.2, -0.15) is 5.10 Å². The van der Waals surface area contributed by atoms with Gasteiger partial charge in [0, 0.05) is 23.6 Å². The fraction of sp³-hybridized carbons (Fsp3) is 0.429. The first-order chi connectivity index (χ1) is 13.9. The molecule has 2 bridgehead atoms. The molecule has 1 aliphatic heterocycles. The number of aromatic nitrogens is 2. The standard InChI is InChI=1S/C21H20F2N4O2/c1-13-7-25-18(8-24-13)29-12-20-9-21(10-20,11-20)19(28)27-17(4-5-26-27)15-6-14(22)2-3-16(15)23/h2-3,5-8,17H,4,9-12H2,1H3. The Kier molecular flexibility index (Phi) is 3.94. The molecule has 1 amide bonds. The summed E-state index contributed by atoms with van der Waals surface area (Å²) in [6.45, 7) is 2.35. The molecule has 3 fully saturated rings. The highest BCUT2D eigenvalue weighted by molar-refractivity contribution is 5.88. The van der Waals surface area contributed by atoms with E-state index in [0.717, 1.165) is 23.9 Å². The van der Waals surface area contributed by atoms with E-state index in [9.17, 15) is 13.6 Å². The van der Waals surface area contributed by atoms with Gasteiger partial charge in [-0.25, -0.2) is 18.8 Å². The van der Waals surface area contributed by atoms with Crippen molar-refractivity contribution in [2.45, 2.75) is 38.6 Å². The number of amides is 1. The fourth-order valence-electron chi connectivity index (χ4n) is 4.94. The molecular formula is C21H20F2N4O2. The number of aryl methyl sites for hydroxylation is 1. The van der Waals surface area contributed by atoms with Gasteiger partial charge in [0.15, 0.2) is 0 Å². The fourth-order valence-corrected chi connectivity index (χ4v) is 4.94. The summed E-state index contributed by atoms with van der Waals surface area (Å²) in [7, 11) is 0. The van der Waals surface area contributed by atoms with Crippen LogP contribution in [0.25, 0.3) is 0 Å². The van der Waals surface area contributed by atoms with Gasteiger partial charge in [-0.15, -0.1) is 0 Å². The van der Waals surface area contributed by atoms with Gasteiger partial charge in [-0.05, 0) is 44.4 Å². The predicted molar refractivity (Wildman–Crippen MR) is 100 cm³/mol. The number of hydrazone groups is 1. The highest BCUT2D eigenvalue weighted by Crippen LogP contribution is 2.74. The van der Waals surface area contributed by atoms with Crippen LogP contribution in [0.3, 0.4) is 0 Å². The molecule has 0 saturated heterocycles. The molecule has 2 heterocycles. The van der Waals surface area contributed by atoms with Crippen LogP contribution in [0, 0.1) is 29.4 Å². The maximum atomic E-state index is 14.2. The van der Waals surface area contributed by atoms with Crippen LogP contribution in [0.15, 0.2) is 35.7 Å². The first kappa shape index (κ1) is 18.1. The van der Waals surface area contributed by atoms with Crippen LogP contribution in [0.5, 0.6) is 5.88 Å². The van der Waals surface area contributed by atoms with Crippen molar-refractivity contribution in [2.75, 3.05) is 6.61 Å². The SMILES string of the molecule is Cc1cnc(OCC23CC(C(=O)N4N=CCC4c4cc(F)ccc4F)(C2)C3)cn1. The smallest absolute Gasteiger partial charge is 0.249 e. The summed E-state index contributed by atoms with van der Waals surface area (Å²) in [6, 6.07) is 2.72. The summed E-state index contributed by atoms with van der Waals surface area (Å²) in [6.07, 6.45) is 7.35. The van der Waals surface area contributed by atoms with E-state index < -0.39 is 23.1 Å². The molecule has 1 aromatic heterocycles. The first-order valence-corrected chi connectivity index (χ1v) is 9.62. The van der Waals surface area contributed by atoms with Crippen molar-refractivity contribution in [3.05, 3.63) is 53.5 Å². The zero-order chi connectivity index (χ0) is 20.2. The molecule has 4 aliphatic rings. The minimum Gasteiger partial charge on any atom is -0.476 e. The average molecular weight is 398 g/mol. The highest BCUT2D eigenvalue weighted by Gasteiger charge is 2.73. The molecule has 29 heavy (non-hydrogen) atoms. The Balaban J connectivity index is 1.24. The summed E-state index contributed by atoms with van der Waals surface area (Å²) in [5.74, 6) is -0.689. The van der Waals surface area contributed by atoms with Gasteiger partial charge in [0.2, 0.25) is 11.8 Å². The molecule has 1 atom stereocenters. The Morgan fingerprint density at radius 2 is 2.03 bits per heavy atom. The molecule has 2 aromatic rings. The normalized spacial score (nSPS) is 29.3. The van der Waals surface area contributed by atoms with Crippen LogP contribution in [0.4, 0.5) is 8.78 Å². The van der Waals surface area contributed by atoms with Gasteiger partial charge < -0.3 is 4.74 Å². The molecule has 1 aromatic carbocycles. The molecule has 8 heteroatoms. The van der Waals surface area contributed by atoms with Crippen molar-refractivity contribution in [3.8, 4) is 5.88 Å². The third-order valence-corrected chi connectivity index (χ3v) is 6.23. The van der Waals surface area contributed by atoms with Gasteiger partial charge in [-0.3, -0.25) is 9.78 Å². The van der Waals surface area contributed by atoms with Crippen LogP contribution in [-0.4, -0.2) is 33.7 Å². The molecule has 6 rings (SSSR count). The number of hydrogen-bond donors (Lipinski definition) is 0. The minimum atomic E-state index is -0.595. The lowest BCUT2D eigenvalue weighted by Crippen LogP contribution is -2.69. The second-order valence-corrected chi connectivity index (χ2v) is 8.46. The van der Waals surface area contributed by atoms with Gasteiger partial charge in [0.1, 0.15) is 11.6 Å². The lowest BCUT2D eigenvalue weighted by molar-refractivity contribution is -0.227. The van der Waals surface area contributed by atoms with E-state index in [1.54, 1.807) is 18.6 Å². The monoisotopic (exact) mass is 398 g/mol. The topological polar surface area (TPSA) is 67.7 Å². The molecular weight excluding hydrogens is 378 g/mol. The minimum absolute atomic E-state index is 0.0226. The molecule has 1 unspecified atom stereocenters. The number of benzene rings is 1. The molecule has 3 aliphatic carbocycles. The van der Waals surface area contributed by atoms with E-state index in [0.29, 0.717) is 38.2 Å². The third-order valence-electron chi connectivity index (χ3n) is 6.23. The summed E-state index contributed by atoms with van der Waals surface area (Å²) >= 11 is 0. The number of carbonyl (C=O) groups is 1. The Morgan fingerprint density at radius 3 is 2.76 bits per heavy atom. The first-order valence-electron chi connectivity index (χ1n) is 9.62. The van der Waals surface area contributed by atoms with Crippen LogP contribution >= 0.6 is 0 Å². The summed E-state index contributed by atoms with van der Waals surface area (Å²) < 4.78 is 33.6. The van der Waals surface area contributed by atoms with Gasteiger partial charge in [0.05, 0.1) is 36.2 Å². The van der Waals surface area contributed by atoms with Crippen molar-refractivity contribution in [2.24, 2.45) is 15.9 Å². The molecule has 150 valence electrons. The number of nitrogens with zero attached hydrogens (tertiary/aromatic N) is 4. The van der Waals surface area contributed by atoms with Crippen LogP contribution in [-0.2, 0) is 4.79 Å². The lowest BCUT2D eigenvalue weighted by atomic mass is 9.35. The molecule has 0 N–H and O–H groups in total. The molecule has 3 saturated carbocycles. The van der Waals surface area contributed by atoms with Gasteiger partial charge >= 0.3 is 0 Å². The average Bonchev–Trinajstić information content (AvgIpc) is 3.12. The zero-order valence-electron chi connectivity index (χ0n) is 15.9. The Morgan fingerprint density at radius 1 is 1.24 bits per heavy atom. The summed E-state index contributed by atoms with van der Waals surface area (Å²) in [4.78, 5) is 21.5.